The molecule has 0 radical (unpaired) electrons. The third-order valence-corrected chi connectivity index (χ3v) is 3.72. The molecule has 1 saturated heterocycles. The Hall–Kier alpha value is -1.39. The van der Waals surface area contributed by atoms with Crippen molar-refractivity contribution in [2.45, 2.75) is 31.2 Å². The Morgan fingerprint density at radius 3 is 2.74 bits per heavy atom. The molecule has 4 nitrogen and oxygen atoms in total. The number of aliphatic hydroxyl groups is 1. The second-order valence-corrected chi connectivity index (χ2v) is 5.10. The van der Waals surface area contributed by atoms with Crippen molar-refractivity contribution in [3.05, 3.63) is 35.9 Å². The van der Waals surface area contributed by atoms with E-state index in [1.807, 2.05) is 37.3 Å². The van der Waals surface area contributed by atoms with Gasteiger partial charge in [0.05, 0.1) is 24.7 Å². The highest BCUT2D eigenvalue weighted by Crippen LogP contribution is 2.23. The first-order valence-electron chi connectivity index (χ1n) is 6.76. The minimum atomic E-state index is -0.598. The van der Waals surface area contributed by atoms with Crippen molar-refractivity contribution in [1.29, 1.82) is 0 Å². The standard InChI is InChI=1S/C15H21NO3/c1-2-13(12-6-4-3-5-7-12)14(18)16-15(10-17)8-9-19-11-15/h3-7,13,17H,2,8-11H2,1H3,(H,16,18)/t13-,15+/m0/s1. The van der Waals surface area contributed by atoms with Crippen LogP contribution >= 0.6 is 0 Å². The fourth-order valence-corrected chi connectivity index (χ4v) is 2.48. The van der Waals surface area contributed by atoms with Crippen LogP contribution in [0.4, 0.5) is 0 Å². The van der Waals surface area contributed by atoms with Gasteiger partial charge >= 0.3 is 0 Å². The first kappa shape index (κ1) is 14.0. The van der Waals surface area contributed by atoms with E-state index in [2.05, 4.69) is 5.32 Å². The topological polar surface area (TPSA) is 58.6 Å². The molecule has 1 aliphatic rings. The fourth-order valence-electron chi connectivity index (χ4n) is 2.48. The van der Waals surface area contributed by atoms with Crippen LogP contribution in [0.15, 0.2) is 30.3 Å². The molecule has 2 atom stereocenters. The molecule has 19 heavy (non-hydrogen) atoms. The predicted molar refractivity (Wildman–Crippen MR) is 72.9 cm³/mol. The molecular formula is C15H21NO3. The zero-order valence-corrected chi connectivity index (χ0v) is 11.3. The molecule has 2 rings (SSSR count). The molecule has 1 aliphatic heterocycles. The Morgan fingerprint density at radius 1 is 1.47 bits per heavy atom. The monoisotopic (exact) mass is 263 g/mol. The maximum Gasteiger partial charge on any atom is 0.228 e. The van der Waals surface area contributed by atoms with Gasteiger partial charge in [0.15, 0.2) is 0 Å². The van der Waals surface area contributed by atoms with Gasteiger partial charge in [-0.1, -0.05) is 37.3 Å². The van der Waals surface area contributed by atoms with Crippen LogP contribution in [-0.4, -0.2) is 36.4 Å². The molecule has 1 fully saturated rings. The van der Waals surface area contributed by atoms with Gasteiger partial charge in [-0.2, -0.15) is 0 Å². The number of rotatable bonds is 5. The van der Waals surface area contributed by atoms with E-state index < -0.39 is 5.54 Å². The summed E-state index contributed by atoms with van der Waals surface area (Å²) in [5, 5.41) is 12.5. The summed E-state index contributed by atoms with van der Waals surface area (Å²) in [6.45, 7) is 2.89. The van der Waals surface area contributed by atoms with E-state index in [-0.39, 0.29) is 18.4 Å². The zero-order chi connectivity index (χ0) is 13.7. The summed E-state index contributed by atoms with van der Waals surface area (Å²) in [6.07, 6.45) is 1.40. The van der Waals surface area contributed by atoms with Crippen LogP contribution in [0, 0.1) is 0 Å². The van der Waals surface area contributed by atoms with Crippen LogP contribution in [0.5, 0.6) is 0 Å². The number of carbonyl (C=O) groups excluding carboxylic acids is 1. The van der Waals surface area contributed by atoms with Gasteiger partial charge in [-0.05, 0) is 18.4 Å². The average molecular weight is 263 g/mol. The first-order chi connectivity index (χ1) is 9.21. The molecule has 1 heterocycles. The summed E-state index contributed by atoms with van der Waals surface area (Å²) in [4.78, 5) is 12.4. The van der Waals surface area contributed by atoms with E-state index in [0.29, 0.717) is 19.6 Å². The van der Waals surface area contributed by atoms with Crippen molar-refractivity contribution in [2.24, 2.45) is 0 Å². The normalized spacial score (nSPS) is 24.1. The summed E-state index contributed by atoms with van der Waals surface area (Å²) < 4.78 is 5.30. The molecule has 0 unspecified atom stereocenters. The molecule has 104 valence electrons. The Balaban J connectivity index is 2.09. The Labute approximate surface area is 113 Å². The third-order valence-electron chi connectivity index (χ3n) is 3.72. The third kappa shape index (κ3) is 3.14. The van der Waals surface area contributed by atoms with Crippen molar-refractivity contribution < 1.29 is 14.6 Å². The van der Waals surface area contributed by atoms with Crippen LogP contribution in [-0.2, 0) is 9.53 Å². The number of hydrogen-bond donors (Lipinski definition) is 2. The fraction of sp³-hybridized carbons (Fsp3) is 0.533. The van der Waals surface area contributed by atoms with Gasteiger partial charge in [0.1, 0.15) is 0 Å². The molecule has 4 heteroatoms. The Morgan fingerprint density at radius 2 is 2.21 bits per heavy atom. The molecule has 0 aliphatic carbocycles. The van der Waals surface area contributed by atoms with E-state index in [4.69, 9.17) is 4.74 Å². The highest BCUT2D eigenvalue weighted by molar-refractivity contribution is 5.84. The minimum Gasteiger partial charge on any atom is -0.394 e. The molecular weight excluding hydrogens is 242 g/mol. The van der Waals surface area contributed by atoms with Gasteiger partial charge in [0.2, 0.25) is 5.91 Å². The van der Waals surface area contributed by atoms with Crippen molar-refractivity contribution in [3.8, 4) is 0 Å². The minimum absolute atomic E-state index is 0.0340. The predicted octanol–water partition coefficient (Wildman–Crippen LogP) is 1.45. The van der Waals surface area contributed by atoms with Crippen LogP contribution in [0.2, 0.25) is 0 Å². The van der Waals surface area contributed by atoms with Gasteiger partial charge in [-0.3, -0.25) is 4.79 Å². The summed E-state index contributed by atoms with van der Waals surface area (Å²) in [7, 11) is 0. The smallest absolute Gasteiger partial charge is 0.228 e. The lowest BCUT2D eigenvalue weighted by Crippen LogP contribution is -2.53. The number of aliphatic hydroxyl groups excluding tert-OH is 1. The zero-order valence-electron chi connectivity index (χ0n) is 11.3. The molecule has 2 N–H and O–H groups in total. The lowest BCUT2D eigenvalue weighted by molar-refractivity contribution is -0.125. The maximum absolute atomic E-state index is 12.4. The van der Waals surface area contributed by atoms with Gasteiger partial charge in [0, 0.05) is 6.61 Å². The highest BCUT2D eigenvalue weighted by atomic mass is 16.5. The second-order valence-electron chi connectivity index (χ2n) is 5.10. The number of benzene rings is 1. The summed E-state index contributed by atoms with van der Waals surface area (Å²) >= 11 is 0. The summed E-state index contributed by atoms with van der Waals surface area (Å²) in [5.74, 6) is -0.210. The number of nitrogens with one attached hydrogen (secondary N) is 1. The molecule has 0 saturated carbocycles. The summed E-state index contributed by atoms with van der Waals surface area (Å²) in [6, 6.07) is 9.74. The maximum atomic E-state index is 12.4. The summed E-state index contributed by atoms with van der Waals surface area (Å²) in [5.41, 5.74) is 0.411. The van der Waals surface area contributed by atoms with E-state index in [1.54, 1.807) is 0 Å². The van der Waals surface area contributed by atoms with Crippen molar-refractivity contribution in [3.63, 3.8) is 0 Å². The number of hydrogen-bond acceptors (Lipinski definition) is 3. The van der Waals surface area contributed by atoms with E-state index in [9.17, 15) is 9.90 Å². The Kier molecular flexibility index (Phi) is 4.56. The lowest BCUT2D eigenvalue weighted by atomic mass is 9.93. The number of amides is 1. The van der Waals surface area contributed by atoms with Crippen molar-refractivity contribution >= 4 is 5.91 Å². The number of carbonyl (C=O) groups is 1. The molecule has 0 bridgehead atoms. The first-order valence-corrected chi connectivity index (χ1v) is 6.76. The second kappa shape index (κ2) is 6.17. The van der Waals surface area contributed by atoms with Gasteiger partial charge < -0.3 is 15.2 Å². The molecule has 0 aromatic heterocycles. The Bertz CT molecular complexity index is 413. The van der Waals surface area contributed by atoms with Crippen LogP contribution in [0.1, 0.15) is 31.2 Å². The van der Waals surface area contributed by atoms with Gasteiger partial charge in [0.25, 0.3) is 0 Å². The SMILES string of the molecule is CC[C@H](C(=O)N[C@@]1(CO)CCOC1)c1ccccc1. The van der Waals surface area contributed by atoms with Crippen LogP contribution in [0.3, 0.4) is 0 Å². The van der Waals surface area contributed by atoms with Gasteiger partial charge in [-0.25, -0.2) is 0 Å². The van der Waals surface area contributed by atoms with Crippen molar-refractivity contribution in [1.82, 2.24) is 5.32 Å². The largest absolute Gasteiger partial charge is 0.394 e. The van der Waals surface area contributed by atoms with E-state index in [1.165, 1.54) is 0 Å². The highest BCUT2D eigenvalue weighted by Gasteiger charge is 2.37. The molecule has 1 aromatic carbocycles. The average Bonchev–Trinajstić information content (AvgIpc) is 2.90. The quantitative estimate of drug-likeness (QED) is 0.845. The van der Waals surface area contributed by atoms with Crippen molar-refractivity contribution in [2.75, 3.05) is 19.8 Å². The van der Waals surface area contributed by atoms with E-state index in [0.717, 1.165) is 12.0 Å². The van der Waals surface area contributed by atoms with Gasteiger partial charge in [-0.15, -0.1) is 0 Å². The van der Waals surface area contributed by atoms with Crippen LogP contribution in [0.25, 0.3) is 0 Å². The molecule has 1 amide bonds. The van der Waals surface area contributed by atoms with E-state index >= 15 is 0 Å². The molecule has 0 spiro atoms. The number of ether oxygens (including phenoxy) is 1. The van der Waals surface area contributed by atoms with Crippen LogP contribution < -0.4 is 5.32 Å². The lowest BCUT2D eigenvalue weighted by Gasteiger charge is -2.28. The molecule has 1 aromatic rings.